The summed E-state index contributed by atoms with van der Waals surface area (Å²) in [5.74, 6) is 0. The molecule has 0 aliphatic carbocycles. The average Bonchev–Trinajstić information content (AvgIpc) is 3.00. The molecule has 1 aliphatic heterocycles. The highest BCUT2D eigenvalue weighted by molar-refractivity contribution is 7.61. The maximum absolute atomic E-state index is 11.9. The van der Waals surface area contributed by atoms with Crippen LogP contribution < -0.4 is 5.69 Å². The van der Waals surface area contributed by atoms with Crippen molar-refractivity contribution < 1.29 is 41.5 Å². The van der Waals surface area contributed by atoms with E-state index >= 15 is 0 Å². The minimum Gasteiger partial charge on any atom is -0.352 e. The number of nitrogens with zero attached hydrogens (tertiary/aromatic N) is 3. The van der Waals surface area contributed by atoms with Crippen molar-refractivity contribution in [1.29, 1.82) is 0 Å². The van der Waals surface area contributed by atoms with Gasteiger partial charge in [-0.1, -0.05) is 0 Å². The quantitative estimate of drug-likeness (QED) is 0.390. The molecule has 2 rings (SSSR count). The lowest BCUT2D eigenvalue weighted by atomic mass is 10.2. The summed E-state index contributed by atoms with van der Waals surface area (Å²) >= 11 is 0. The molecule has 1 aromatic heterocycles. The zero-order valence-electron chi connectivity index (χ0n) is 15.7. The number of aromatic nitrogens is 2. The van der Waals surface area contributed by atoms with Crippen molar-refractivity contribution >= 4 is 15.6 Å². The van der Waals surface area contributed by atoms with Crippen LogP contribution in [0, 0.1) is 12.8 Å². The van der Waals surface area contributed by atoms with Crippen LogP contribution in [0.25, 0.3) is 0 Å². The van der Waals surface area contributed by atoms with Gasteiger partial charge >= 0.3 is 21.3 Å². The molecule has 0 spiro atoms. The summed E-state index contributed by atoms with van der Waals surface area (Å²) in [6, 6.07) is 1.55. The Morgan fingerprint density at radius 1 is 1.21 bits per heavy atom. The fraction of sp³-hybridized carbons (Fsp3) is 0.571. The largest absolute Gasteiger partial charge is 0.481 e. The highest BCUT2D eigenvalue weighted by atomic mass is 31.3. The molecule has 158 valence electrons. The third kappa shape index (κ3) is 7.82. The zero-order chi connectivity index (χ0) is 21.0. The van der Waals surface area contributed by atoms with Crippen LogP contribution in [0.4, 0.5) is 0 Å². The number of ether oxygens (including phenoxy) is 1. The Kier molecular flexibility index (Phi) is 7.71. The van der Waals surface area contributed by atoms with E-state index in [0.717, 1.165) is 0 Å². The summed E-state index contributed by atoms with van der Waals surface area (Å²) in [5, 5.41) is 0. The summed E-state index contributed by atoms with van der Waals surface area (Å²) in [5.41, 5.74) is -0.526. The second-order valence-electron chi connectivity index (χ2n) is 6.92. The maximum Gasteiger partial charge on any atom is 0.481 e. The second kappa shape index (κ2) is 9.25. The first kappa shape index (κ1) is 23.3. The van der Waals surface area contributed by atoms with E-state index in [1.165, 1.54) is 23.4 Å². The van der Waals surface area contributed by atoms with Gasteiger partial charge in [0.2, 0.25) is 0 Å². The van der Waals surface area contributed by atoms with E-state index in [2.05, 4.69) is 13.8 Å². The van der Waals surface area contributed by atoms with Gasteiger partial charge in [-0.3, -0.25) is 13.6 Å². The first-order valence-corrected chi connectivity index (χ1v) is 11.2. The van der Waals surface area contributed by atoms with E-state index in [1.54, 1.807) is 12.5 Å². The fourth-order valence-corrected chi connectivity index (χ4v) is 4.15. The first-order chi connectivity index (χ1) is 12.9. The van der Waals surface area contributed by atoms with Crippen LogP contribution in [0.1, 0.15) is 6.23 Å². The number of phosphoric acid groups is 2. The predicted molar refractivity (Wildman–Crippen MR) is 96.5 cm³/mol. The van der Waals surface area contributed by atoms with Crippen LogP contribution in [-0.4, -0.2) is 70.8 Å². The van der Waals surface area contributed by atoms with Crippen LogP contribution >= 0.6 is 15.6 Å². The molecule has 28 heavy (non-hydrogen) atoms. The van der Waals surface area contributed by atoms with Crippen molar-refractivity contribution in [3.8, 4) is 0 Å². The van der Waals surface area contributed by atoms with E-state index in [4.69, 9.17) is 9.26 Å². The molecule has 4 atom stereocenters. The molecule has 2 N–H and O–H groups in total. The molecule has 14 heteroatoms. The van der Waals surface area contributed by atoms with Gasteiger partial charge in [-0.05, 0) is 6.07 Å². The minimum atomic E-state index is -4.89. The van der Waals surface area contributed by atoms with E-state index in [0.29, 0.717) is 11.0 Å². The molecule has 0 saturated carbocycles. The van der Waals surface area contributed by atoms with Crippen molar-refractivity contribution in [2.24, 2.45) is 0 Å². The van der Waals surface area contributed by atoms with Crippen molar-refractivity contribution in [3.05, 3.63) is 41.8 Å². The monoisotopic (exact) mass is 440 g/mol. The SMILES string of the molecule is C[N+](C)(C)CCOP(=O)(O)OP(=O)(O)OCC1[CH][CH]C(n2cccnc2=O)O1. The standard InChI is InChI=1S/C14H23N3O9P2/c1-17(2,3)9-10-23-27(19,20)26-28(21,22)24-11-12-5-6-13(25-12)16-8-4-7-15-14(16)18/h4-8,12-13H,9-11H2,1-3H3,(H-,19,20,21,22)/p+1. The third-order valence-corrected chi connectivity index (χ3v) is 6.08. The Hall–Kier alpha value is -0.940. The molecule has 1 saturated heterocycles. The molecule has 2 heterocycles. The minimum absolute atomic E-state index is 0.159. The van der Waals surface area contributed by atoms with Gasteiger partial charge < -0.3 is 19.0 Å². The molecular weight excluding hydrogens is 416 g/mol. The lowest BCUT2D eigenvalue weighted by Crippen LogP contribution is -2.37. The average molecular weight is 440 g/mol. The molecule has 0 aromatic carbocycles. The first-order valence-electron chi connectivity index (χ1n) is 8.20. The lowest BCUT2D eigenvalue weighted by molar-refractivity contribution is -0.870. The molecular formula is C14H24N3O9P2+. The van der Waals surface area contributed by atoms with E-state index in [-0.39, 0.29) is 6.61 Å². The van der Waals surface area contributed by atoms with Crippen LogP contribution in [0.5, 0.6) is 0 Å². The zero-order valence-corrected chi connectivity index (χ0v) is 17.4. The van der Waals surface area contributed by atoms with Gasteiger partial charge in [0.15, 0.2) is 0 Å². The maximum atomic E-state index is 11.9. The van der Waals surface area contributed by atoms with Gasteiger partial charge in [-0.15, -0.1) is 0 Å². The van der Waals surface area contributed by atoms with Crippen molar-refractivity contribution in [1.82, 2.24) is 9.55 Å². The van der Waals surface area contributed by atoms with Crippen molar-refractivity contribution in [3.63, 3.8) is 0 Å². The van der Waals surface area contributed by atoms with Crippen LogP contribution in [-0.2, 0) is 27.2 Å². The second-order valence-corrected chi connectivity index (χ2v) is 9.97. The predicted octanol–water partition coefficient (Wildman–Crippen LogP) is 0.506. The summed E-state index contributed by atoms with van der Waals surface area (Å²) in [4.78, 5) is 34.5. The molecule has 1 fully saturated rings. The van der Waals surface area contributed by atoms with Gasteiger partial charge in [0.05, 0.1) is 33.9 Å². The summed E-state index contributed by atoms with van der Waals surface area (Å²) < 4.78 is 44.5. The van der Waals surface area contributed by atoms with Crippen molar-refractivity contribution in [2.45, 2.75) is 12.3 Å². The van der Waals surface area contributed by atoms with E-state index in [1.807, 2.05) is 21.1 Å². The molecule has 4 unspecified atom stereocenters. The fourth-order valence-electron chi connectivity index (χ4n) is 2.08. The Balaban J connectivity index is 1.81. The lowest BCUT2D eigenvalue weighted by Gasteiger charge is -2.24. The van der Waals surface area contributed by atoms with Gasteiger partial charge in [-0.25, -0.2) is 18.9 Å². The third-order valence-electron chi connectivity index (χ3n) is 3.44. The molecule has 1 aromatic rings. The normalized spacial score (nSPS) is 24.6. The Bertz CT molecular complexity index is 810. The molecule has 1 aliphatic rings. The number of hydrogen-bond acceptors (Lipinski definition) is 8. The molecule has 0 bridgehead atoms. The van der Waals surface area contributed by atoms with Crippen molar-refractivity contribution in [2.75, 3.05) is 40.9 Å². The number of hydrogen-bond donors (Lipinski definition) is 2. The summed E-state index contributed by atoms with van der Waals surface area (Å²) in [7, 11) is -4.15. The number of quaternary nitrogens is 1. The highest BCUT2D eigenvalue weighted by Gasteiger charge is 2.37. The molecule has 2 radical (unpaired) electrons. The Morgan fingerprint density at radius 3 is 2.54 bits per heavy atom. The Morgan fingerprint density at radius 2 is 1.89 bits per heavy atom. The Labute approximate surface area is 162 Å². The van der Waals surface area contributed by atoms with E-state index < -0.39 is 40.3 Å². The molecule has 0 amide bonds. The van der Waals surface area contributed by atoms with Gasteiger partial charge in [0, 0.05) is 25.2 Å². The van der Waals surface area contributed by atoms with Gasteiger partial charge in [0.1, 0.15) is 19.4 Å². The smallest absolute Gasteiger partial charge is 0.352 e. The number of likely N-dealkylation sites (N-methyl/N-ethyl adjacent to an activating group) is 1. The summed E-state index contributed by atoms with van der Waals surface area (Å²) in [6.45, 7) is -0.234. The number of rotatable bonds is 10. The van der Waals surface area contributed by atoms with E-state index in [9.17, 15) is 23.7 Å². The number of phosphoric ester groups is 2. The van der Waals surface area contributed by atoms with Crippen LogP contribution in [0.3, 0.4) is 0 Å². The summed E-state index contributed by atoms with van der Waals surface area (Å²) in [6.07, 6.45) is 4.34. The van der Waals surface area contributed by atoms with Crippen LogP contribution in [0.15, 0.2) is 23.3 Å². The highest BCUT2D eigenvalue weighted by Crippen LogP contribution is 2.60. The topological polar surface area (TPSA) is 146 Å². The van der Waals surface area contributed by atoms with Gasteiger partial charge in [-0.2, -0.15) is 4.31 Å². The van der Waals surface area contributed by atoms with Crippen LogP contribution in [0.2, 0.25) is 0 Å². The molecule has 12 nitrogen and oxygen atoms in total. The van der Waals surface area contributed by atoms with Gasteiger partial charge in [0.25, 0.3) is 0 Å².